The number of rotatable bonds is 14. The Morgan fingerprint density at radius 2 is 1.69 bits per heavy atom. The van der Waals surface area contributed by atoms with Gasteiger partial charge in [0.25, 0.3) is 0 Å². The molecule has 1 N–H and O–H groups in total. The van der Waals surface area contributed by atoms with Crippen LogP contribution in [0.15, 0.2) is 54.6 Å². The largest absolute Gasteiger partial charge is 0.497 e. The number of para-hydroxylation sites is 1. The molecule has 3 aromatic rings. The summed E-state index contributed by atoms with van der Waals surface area (Å²) in [7, 11) is 1.65. The monoisotopic (exact) mass is 481 g/mol. The lowest BCUT2D eigenvalue weighted by molar-refractivity contribution is 0.0111. The molecular weight excluding hydrogens is 442 g/mol. The number of benzene rings is 2. The second kappa shape index (κ2) is 13.3. The van der Waals surface area contributed by atoms with Crippen molar-refractivity contribution in [3.05, 3.63) is 65.9 Å². The zero-order valence-electron chi connectivity index (χ0n) is 21.6. The molecule has 2 aromatic carbocycles. The summed E-state index contributed by atoms with van der Waals surface area (Å²) >= 11 is 0. The quantitative estimate of drug-likeness (QED) is 0.340. The zero-order valence-corrected chi connectivity index (χ0v) is 21.6. The molecule has 7 heteroatoms. The van der Waals surface area contributed by atoms with Gasteiger partial charge in [-0.05, 0) is 63.1 Å². The maximum absolute atomic E-state index is 10.6. The van der Waals surface area contributed by atoms with Gasteiger partial charge in [-0.15, -0.1) is 0 Å². The number of nitrogens with zero attached hydrogens (tertiary/aromatic N) is 3. The Labute approximate surface area is 209 Å². The summed E-state index contributed by atoms with van der Waals surface area (Å²) in [5.41, 5.74) is 2.93. The molecule has 0 aliphatic rings. The van der Waals surface area contributed by atoms with Crippen LogP contribution in [0.25, 0.3) is 5.69 Å². The first-order chi connectivity index (χ1) is 17.0. The molecule has 0 fully saturated rings. The van der Waals surface area contributed by atoms with Gasteiger partial charge in [-0.1, -0.05) is 32.0 Å². The molecule has 0 aliphatic carbocycles. The minimum atomic E-state index is -0.566. The third-order valence-corrected chi connectivity index (χ3v) is 6.16. The molecule has 0 saturated carbocycles. The summed E-state index contributed by atoms with van der Waals surface area (Å²) < 4.78 is 19.1. The summed E-state index contributed by atoms with van der Waals surface area (Å²) in [6.45, 7) is 10.4. The van der Waals surface area contributed by atoms with Crippen LogP contribution in [0.3, 0.4) is 0 Å². The van der Waals surface area contributed by atoms with Crippen molar-refractivity contribution >= 4 is 0 Å². The molecule has 0 spiro atoms. The molecule has 0 amide bonds. The van der Waals surface area contributed by atoms with Gasteiger partial charge in [-0.3, -0.25) is 4.90 Å². The molecular formula is C28H39N3O4. The molecule has 0 aliphatic heterocycles. The zero-order chi connectivity index (χ0) is 25.2. The highest BCUT2D eigenvalue weighted by atomic mass is 16.5. The van der Waals surface area contributed by atoms with E-state index in [0.717, 1.165) is 35.5 Å². The molecule has 0 bridgehead atoms. The van der Waals surface area contributed by atoms with Crippen molar-refractivity contribution in [2.45, 2.75) is 59.2 Å². The number of aliphatic hydroxyl groups excluding tert-OH is 1. The van der Waals surface area contributed by atoms with E-state index in [4.69, 9.17) is 19.3 Å². The van der Waals surface area contributed by atoms with Gasteiger partial charge in [-0.25, -0.2) is 4.68 Å². The number of aryl methyl sites for hydroxylation is 1. The number of hydrogen-bond donors (Lipinski definition) is 1. The van der Waals surface area contributed by atoms with Crippen LogP contribution in [0.4, 0.5) is 0 Å². The van der Waals surface area contributed by atoms with Gasteiger partial charge in [0.15, 0.2) is 0 Å². The maximum Gasteiger partial charge on any atom is 0.227 e. The third-order valence-electron chi connectivity index (χ3n) is 6.16. The van der Waals surface area contributed by atoms with Crippen LogP contribution >= 0.6 is 0 Å². The molecule has 35 heavy (non-hydrogen) atoms. The predicted molar refractivity (Wildman–Crippen MR) is 139 cm³/mol. The van der Waals surface area contributed by atoms with Crippen molar-refractivity contribution in [3.8, 4) is 23.1 Å². The summed E-state index contributed by atoms with van der Waals surface area (Å²) in [4.78, 5) is 2.29. The SMILES string of the molecule is CCOC[C@@H](O)CN(Cc1c(CC)nn(-c2ccccc2)c1Oc1ccc(OC)cc1)[C@@H](C)CC. The molecule has 7 nitrogen and oxygen atoms in total. The Morgan fingerprint density at radius 3 is 2.29 bits per heavy atom. The second-order valence-corrected chi connectivity index (χ2v) is 8.61. The summed E-state index contributed by atoms with van der Waals surface area (Å²) in [5, 5.41) is 15.6. The number of aliphatic hydroxyl groups is 1. The normalized spacial score (nSPS) is 13.1. The van der Waals surface area contributed by atoms with Gasteiger partial charge in [0, 0.05) is 25.7 Å². The lowest BCUT2D eigenvalue weighted by Crippen LogP contribution is -2.40. The Morgan fingerprint density at radius 1 is 1.00 bits per heavy atom. The van der Waals surface area contributed by atoms with Gasteiger partial charge >= 0.3 is 0 Å². The van der Waals surface area contributed by atoms with Crippen LogP contribution < -0.4 is 9.47 Å². The van der Waals surface area contributed by atoms with Gasteiger partial charge in [0.2, 0.25) is 5.88 Å². The molecule has 1 heterocycles. The van der Waals surface area contributed by atoms with Gasteiger partial charge in [-0.2, -0.15) is 5.10 Å². The fourth-order valence-electron chi connectivity index (χ4n) is 3.96. The van der Waals surface area contributed by atoms with Gasteiger partial charge < -0.3 is 19.3 Å². The van der Waals surface area contributed by atoms with Crippen LogP contribution in [0.1, 0.15) is 45.4 Å². The number of methoxy groups -OCH3 is 1. The van der Waals surface area contributed by atoms with E-state index < -0.39 is 6.10 Å². The lowest BCUT2D eigenvalue weighted by Gasteiger charge is -2.30. The molecule has 2 atom stereocenters. The third kappa shape index (κ3) is 7.07. The van der Waals surface area contributed by atoms with Crippen LogP contribution in [0.2, 0.25) is 0 Å². The van der Waals surface area contributed by atoms with Crippen molar-refractivity contribution in [1.82, 2.24) is 14.7 Å². The Kier molecular flexibility index (Phi) is 10.1. The van der Waals surface area contributed by atoms with E-state index in [1.165, 1.54) is 0 Å². The molecule has 0 unspecified atom stereocenters. The molecule has 0 radical (unpaired) electrons. The van der Waals surface area contributed by atoms with E-state index in [1.54, 1.807) is 7.11 Å². The fraction of sp³-hybridized carbons (Fsp3) is 0.464. The van der Waals surface area contributed by atoms with Crippen molar-refractivity contribution in [2.75, 3.05) is 26.9 Å². The summed E-state index contributed by atoms with van der Waals surface area (Å²) in [6, 6.07) is 17.9. The Hall–Kier alpha value is -2.87. The lowest BCUT2D eigenvalue weighted by atomic mass is 10.1. The van der Waals surface area contributed by atoms with Crippen LogP contribution in [-0.2, 0) is 17.7 Å². The Bertz CT molecular complexity index is 1020. The maximum atomic E-state index is 10.6. The van der Waals surface area contributed by atoms with Crippen LogP contribution in [0.5, 0.6) is 17.4 Å². The summed E-state index contributed by atoms with van der Waals surface area (Å²) in [5.74, 6) is 2.17. The molecule has 190 valence electrons. The van der Waals surface area contributed by atoms with Crippen LogP contribution in [0, 0.1) is 0 Å². The minimum Gasteiger partial charge on any atom is -0.497 e. The average Bonchev–Trinajstić information content (AvgIpc) is 3.24. The topological polar surface area (TPSA) is 69.0 Å². The standard InChI is InChI=1S/C28H39N3O4/c1-6-21(4)30(18-23(32)20-34-8-3)19-26-27(7-2)29-31(22-12-10-9-11-13-22)28(26)35-25-16-14-24(33-5)15-17-25/h9-17,21,23,32H,6-8,18-20H2,1-5H3/t21-,23-/m0/s1. The van der Waals surface area contributed by atoms with Gasteiger partial charge in [0.05, 0.1) is 36.8 Å². The first-order valence-electron chi connectivity index (χ1n) is 12.5. The number of aromatic nitrogens is 2. The molecule has 1 aromatic heterocycles. The second-order valence-electron chi connectivity index (χ2n) is 8.61. The highest BCUT2D eigenvalue weighted by molar-refractivity contribution is 5.44. The van der Waals surface area contributed by atoms with E-state index in [-0.39, 0.29) is 6.04 Å². The highest BCUT2D eigenvalue weighted by Crippen LogP contribution is 2.33. The summed E-state index contributed by atoms with van der Waals surface area (Å²) in [6.07, 6.45) is 1.16. The van der Waals surface area contributed by atoms with Crippen molar-refractivity contribution in [1.29, 1.82) is 0 Å². The van der Waals surface area contributed by atoms with Crippen molar-refractivity contribution in [2.24, 2.45) is 0 Å². The van der Waals surface area contributed by atoms with Crippen molar-refractivity contribution < 1.29 is 19.3 Å². The number of ether oxygens (including phenoxy) is 3. The Balaban J connectivity index is 2.02. The van der Waals surface area contributed by atoms with E-state index >= 15 is 0 Å². The van der Waals surface area contributed by atoms with E-state index in [0.29, 0.717) is 37.9 Å². The minimum absolute atomic E-state index is 0.268. The highest BCUT2D eigenvalue weighted by Gasteiger charge is 2.25. The molecule has 0 saturated heterocycles. The fourth-order valence-corrected chi connectivity index (χ4v) is 3.96. The van der Waals surface area contributed by atoms with E-state index in [2.05, 4.69) is 25.7 Å². The molecule has 3 rings (SSSR count). The van der Waals surface area contributed by atoms with E-state index in [1.807, 2.05) is 66.2 Å². The average molecular weight is 482 g/mol. The van der Waals surface area contributed by atoms with Crippen molar-refractivity contribution in [3.63, 3.8) is 0 Å². The van der Waals surface area contributed by atoms with E-state index in [9.17, 15) is 5.11 Å². The smallest absolute Gasteiger partial charge is 0.227 e. The van der Waals surface area contributed by atoms with Gasteiger partial charge in [0.1, 0.15) is 11.5 Å². The first-order valence-corrected chi connectivity index (χ1v) is 12.5. The predicted octanol–water partition coefficient (Wildman–Crippen LogP) is 5.23. The number of hydrogen-bond acceptors (Lipinski definition) is 6. The van der Waals surface area contributed by atoms with Crippen LogP contribution in [-0.4, -0.2) is 58.8 Å². The first kappa shape index (κ1) is 26.7.